The van der Waals surface area contributed by atoms with Crippen LogP contribution in [0, 0.1) is 0 Å². The second kappa shape index (κ2) is 10.7. The first-order valence-corrected chi connectivity index (χ1v) is 10.7. The quantitative estimate of drug-likeness (QED) is 0.263. The number of rotatable bonds is 9. The Labute approximate surface area is 183 Å². The van der Waals surface area contributed by atoms with Crippen molar-refractivity contribution < 1.29 is 4.79 Å². The van der Waals surface area contributed by atoms with Gasteiger partial charge in [0.15, 0.2) is 5.15 Å². The second-order valence-corrected chi connectivity index (χ2v) is 7.77. The average Bonchev–Trinajstić information content (AvgIpc) is 3.17. The summed E-state index contributed by atoms with van der Waals surface area (Å²) in [5, 5.41) is 8.13. The van der Waals surface area contributed by atoms with E-state index in [9.17, 15) is 4.79 Å². The minimum absolute atomic E-state index is 0.1000. The first-order valence-electron chi connectivity index (χ1n) is 9.27. The maximum Gasteiger partial charge on any atom is 0.237 e. The van der Waals surface area contributed by atoms with E-state index in [4.69, 9.17) is 17.1 Å². The molecule has 1 amide bonds. The molecule has 0 spiro atoms. The lowest BCUT2D eigenvalue weighted by Crippen LogP contribution is -2.32. The van der Waals surface area contributed by atoms with E-state index in [0.717, 1.165) is 11.3 Å². The molecule has 154 valence electrons. The molecule has 0 N–H and O–H groups in total. The van der Waals surface area contributed by atoms with Crippen molar-refractivity contribution in [1.82, 2.24) is 14.8 Å². The van der Waals surface area contributed by atoms with Crippen molar-refractivity contribution in [2.24, 2.45) is 5.11 Å². The Morgan fingerprint density at radius 2 is 2.13 bits per heavy atom. The summed E-state index contributed by atoms with van der Waals surface area (Å²) >= 11 is 7.77. The maximum absolute atomic E-state index is 13.0. The molecule has 10 heteroatoms. The Kier molecular flexibility index (Phi) is 7.73. The van der Waals surface area contributed by atoms with Crippen molar-refractivity contribution in [2.45, 2.75) is 12.2 Å². The predicted octanol–water partition coefficient (Wildman–Crippen LogP) is 5.06. The second-order valence-electron chi connectivity index (χ2n) is 6.22. The van der Waals surface area contributed by atoms with Gasteiger partial charge in [0, 0.05) is 29.4 Å². The van der Waals surface area contributed by atoms with Crippen LogP contribution >= 0.6 is 23.4 Å². The Bertz CT molecular complexity index is 1020. The number of thioether (sulfide) groups is 1. The number of aromatic nitrogens is 3. The number of benzene rings is 1. The molecule has 2 heterocycles. The Morgan fingerprint density at radius 1 is 1.33 bits per heavy atom. The number of anilines is 1. The summed E-state index contributed by atoms with van der Waals surface area (Å²) in [5.41, 5.74) is 11.0. The van der Waals surface area contributed by atoms with Gasteiger partial charge in [0.1, 0.15) is 5.69 Å². The van der Waals surface area contributed by atoms with E-state index < -0.39 is 0 Å². The van der Waals surface area contributed by atoms with E-state index in [-0.39, 0.29) is 28.6 Å². The van der Waals surface area contributed by atoms with E-state index in [2.05, 4.69) is 20.1 Å². The highest BCUT2D eigenvalue weighted by Gasteiger charge is 2.22. The molecule has 1 aromatic carbocycles. The molecule has 0 radical (unpaired) electrons. The number of nitrogens with zero attached hydrogens (tertiary/aromatic N) is 7. The van der Waals surface area contributed by atoms with Gasteiger partial charge in [-0.15, -0.1) is 11.8 Å². The number of halogens is 1. The van der Waals surface area contributed by atoms with Gasteiger partial charge in [-0.1, -0.05) is 47.0 Å². The molecule has 30 heavy (non-hydrogen) atoms. The zero-order chi connectivity index (χ0) is 21.3. The lowest BCUT2D eigenvalue weighted by atomic mass is 10.1. The van der Waals surface area contributed by atoms with Crippen LogP contribution in [0.25, 0.3) is 16.1 Å². The molecule has 2 aromatic heterocycles. The number of carbonyl (C=O) groups excluding carboxylic acids is 1. The van der Waals surface area contributed by atoms with E-state index in [1.807, 2.05) is 43.3 Å². The van der Waals surface area contributed by atoms with Crippen molar-refractivity contribution in [3.63, 3.8) is 0 Å². The summed E-state index contributed by atoms with van der Waals surface area (Å²) in [6.45, 7) is 2.60. The topological polar surface area (TPSA) is 99.8 Å². The standard InChI is InChI=1S/C20H20ClN7OS/c1-2-27(17-13-28(25-20(17)21)16-9-6-10-23-11-16)19(29)14-30-18(12-24-26-22)15-7-4-3-5-8-15/h3-11,13,18H,2,12,14H2,1H3. The van der Waals surface area contributed by atoms with Crippen LogP contribution in [0.2, 0.25) is 5.15 Å². The zero-order valence-electron chi connectivity index (χ0n) is 16.3. The van der Waals surface area contributed by atoms with E-state index in [0.29, 0.717) is 12.2 Å². The third-order valence-corrected chi connectivity index (χ3v) is 5.87. The molecule has 8 nitrogen and oxygen atoms in total. The lowest BCUT2D eigenvalue weighted by Gasteiger charge is -2.21. The van der Waals surface area contributed by atoms with Gasteiger partial charge in [-0.05, 0) is 30.2 Å². The number of carbonyl (C=O) groups is 1. The number of hydrogen-bond donors (Lipinski definition) is 0. The molecular formula is C20H20ClN7OS. The fourth-order valence-electron chi connectivity index (χ4n) is 2.91. The largest absolute Gasteiger partial charge is 0.308 e. The fourth-order valence-corrected chi connectivity index (χ4v) is 4.16. The molecule has 1 unspecified atom stereocenters. The number of hydrogen-bond acceptors (Lipinski definition) is 5. The molecule has 1 atom stereocenters. The van der Waals surface area contributed by atoms with Gasteiger partial charge in [0.2, 0.25) is 5.91 Å². The Morgan fingerprint density at radius 3 is 2.80 bits per heavy atom. The molecule has 0 aliphatic carbocycles. The van der Waals surface area contributed by atoms with Crippen molar-refractivity contribution in [3.05, 3.63) is 82.2 Å². The summed E-state index contributed by atoms with van der Waals surface area (Å²) in [6, 6.07) is 13.3. The fraction of sp³-hybridized carbons (Fsp3) is 0.250. The van der Waals surface area contributed by atoms with Crippen molar-refractivity contribution >= 4 is 35.0 Å². The molecule has 0 saturated carbocycles. The average molecular weight is 442 g/mol. The van der Waals surface area contributed by atoms with Crippen LogP contribution < -0.4 is 4.90 Å². The van der Waals surface area contributed by atoms with Crippen LogP contribution in [0.1, 0.15) is 17.7 Å². The van der Waals surface area contributed by atoms with Crippen molar-refractivity contribution in [3.8, 4) is 5.69 Å². The summed E-state index contributed by atoms with van der Waals surface area (Å²) in [4.78, 5) is 21.5. The minimum Gasteiger partial charge on any atom is -0.308 e. The van der Waals surface area contributed by atoms with Crippen LogP contribution in [0.15, 0.2) is 66.2 Å². The van der Waals surface area contributed by atoms with Gasteiger partial charge < -0.3 is 4.90 Å². The molecule has 0 aliphatic heterocycles. The molecule has 0 fully saturated rings. The summed E-state index contributed by atoms with van der Waals surface area (Å²) in [7, 11) is 0. The summed E-state index contributed by atoms with van der Waals surface area (Å²) < 4.78 is 1.60. The Hall–Kier alpha value is -3.00. The van der Waals surface area contributed by atoms with Crippen LogP contribution in [0.3, 0.4) is 0 Å². The van der Waals surface area contributed by atoms with E-state index in [1.54, 1.807) is 34.2 Å². The summed E-state index contributed by atoms with van der Waals surface area (Å²) in [6.07, 6.45) is 5.06. The smallest absolute Gasteiger partial charge is 0.237 e. The molecule has 0 aliphatic rings. The van der Waals surface area contributed by atoms with Gasteiger partial charge in [0.05, 0.1) is 23.8 Å². The van der Waals surface area contributed by atoms with Crippen LogP contribution in [-0.4, -0.2) is 39.5 Å². The molecule has 0 bridgehead atoms. The molecular weight excluding hydrogens is 422 g/mol. The van der Waals surface area contributed by atoms with Gasteiger partial charge in [0.25, 0.3) is 0 Å². The van der Waals surface area contributed by atoms with Crippen molar-refractivity contribution in [2.75, 3.05) is 23.7 Å². The number of azide groups is 1. The van der Waals surface area contributed by atoms with E-state index in [1.165, 1.54) is 11.8 Å². The van der Waals surface area contributed by atoms with Crippen LogP contribution in [-0.2, 0) is 4.79 Å². The third-order valence-electron chi connectivity index (χ3n) is 4.36. The van der Waals surface area contributed by atoms with Gasteiger partial charge in [-0.3, -0.25) is 9.78 Å². The van der Waals surface area contributed by atoms with Gasteiger partial charge in [-0.25, -0.2) is 4.68 Å². The van der Waals surface area contributed by atoms with Crippen molar-refractivity contribution in [1.29, 1.82) is 0 Å². The maximum atomic E-state index is 13.0. The molecule has 3 aromatic rings. The number of amides is 1. The summed E-state index contributed by atoms with van der Waals surface area (Å²) in [5.74, 6) is 0.111. The highest BCUT2D eigenvalue weighted by molar-refractivity contribution is 8.00. The zero-order valence-corrected chi connectivity index (χ0v) is 17.9. The normalized spacial score (nSPS) is 11.5. The van der Waals surface area contributed by atoms with Crippen LogP contribution in [0.4, 0.5) is 5.69 Å². The molecule has 0 saturated heterocycles. The Balaban J connectivity index is 1.74. The monoisotopic (exact) mass is 441 g/mol. The van der Waals surface area contributed by atoms with Crippen LogP contribution in [0.5, 0.6) is 0 Å². The predicted molar refractivity (Wildman–Crippen MR) is 120 cm³/mol. The van der Waals surface area contributed by atoms with Gasteiger partial charge in [-0.2, -0.15) is 5.10 Å². The SMILES string of the molecule is CCN(C(=O)CSC(CN=[N+]=[N-])c1ccccc1)c1cn(-c2cccnc2)nc1Cl. The lowest BCUT2D eigenvalue weighted by molar-refractivity contribution is -0.116. The first kappa shape index (κ1) is 21.7. The van der Waals surface area contributed by atoms with E-state index >= 15 is 0 Å². The third kappa shape index (κ3) is 5.33. The highest BCUT2D eigenvalue weighted by Crippen LogP contribution is 2.31. The first-order chi connectivity index (χ1) is 14.6. The molecule has 3 rings (SSSR count). The van der Waals surface area contributed by atoms with Gasteiger partial charge >= 0.3 is 0 Å². The minimum atomic E-state index is -0.113. The number of pyridine rings is 1. The highest BCUT2D eigenvalue weighted by atomic mass is 35.5.